The number of hydrogen-bond acceptors (Lipinski definition) is 4. The van der Waals surface area contributed by atoms with Gasteiger partial charge >= 0.3 is 0 Å². The van der Waals surface area contributed by atoms with Crippen LogP contribution in [0.25, 0.3) is 0 Å². The van der Waals surface area contributed by atoms with Crippen LogP contribution in [-0.4, -0.2) is 43.8 Å². The highest BCUT2D eigenvalue weighted by Gasteiger charge is 2.34. The normalized spacial score (nSPS) is 12.8. The second-order valence-electron chi connectivity index (χ2n) is 9.97. The molecule has 0 radical (unpaired) electrons. The SMILES string of the molecule is CCC(C)NC(=O)C(CC)N(Cc1ccccc1C)C(=O)CN(c1ccccc1Cl)S(=O)(=O)c1ccc(C)cc1. The molecular weight excluding hydrogens is 546 g/mol. The van der Waals surface area contributed by atoms with Gasteiger partial charge in [0.25, 0.3) is 10.0 Å². The van der Waals surface area contributed by atoms with Gasteiger partial charge in [-0.3, -0.25) is 13.9 Å². The van der Waals surface area contributed by atoms with Crippen molar-refractivity contribution in [1.29, 1.82) is 0 Å². The molecule has 0 heterocycles. The number of sulfonamides is 1. The number of rotatable bonds is 12. The molecule has 0 bridgehead atoms. The van der Waals surface area contributed by atoms with Gasteiger partial charge in [-0.05, 0) is 69.0 Å². The van der Waals surface area contributed by atoms with Gasteiger partial charge in [-0.2, -0.15) is 0 Å². The van der Waals surface area contributed by atoms with Crippen molar-refractivity contribution in [3.05, 3.63) is 94.5 Å². The molecule has 9 heteroatoms. The molecule has 0 aromatic heterocycles. The van der Waals surface area contributed by atoms with Crippen molar-refractivity contribution in [1.82, 2.24) is 10.2 Å². The summed E-state index contributed by atoms with van der Waals surface area (Å²) in [5.74, 6) is -0.783. The first-order valence-electron chi connectivity index (χ1n) is 13.5. The maximum atomic E-state index is 14.1. The van der Waals surface area contributed by atoms with Crippen LogP contribution in [-0.2, 0) is 26.2 Å². The fourth-order valence-electron chi connectivity index (χ4n) is 4.34. The maximum absolute atomic E-state index is 14.1. The number of hydrogen-bond donors (Lipinski definition) is 1. The van der Waals surface area contributed by atoms with Gasteiger partial charge in [-0.25, -0.2) is 8.42 Å². The molecule has 2 amide bonds. The molecule has 0 aliphatic rings. The molecule has 2 unspecified atom stereocenters. The highest BCUT2D eigenvalue weighted by Crippen LogP contribution is 2.31. The van der Waals surface area contributed by atoms with E-state index in [-0.39, 0.29) is 34.1 Å². The smallest absolute Gasteiger partial charge is 0.264 e. The van der Waals surface area contributed by atoms with Gasteiger partial charge in [0.05, 0.1) is 15.6 Å². The fraction of sp³-hybridized carbons (Fsp3) is 0.355. The van der Waals surface area contributed by atoms with E-state index in [0.717, 1.165) is 27.4 Å². The average molecular weight is 584 g/mol. The second-order valence-corrected chi connectivity index (χ2v) is 12.2. The van der Waals surface area contributed by atoms with Crippen molar-refractivity contribution >= 4 is 39.1 Å². The van der Waals surface area contributed by atoms with Crippen LogP contribution in [0.5, 0.6) is 0 Å². The van der Waals surface area contributed by atoms with E-state index >= 15 is 0 Å². The molecule has 0 spiro atoms. The lowest BCUT2D eigenvalue weighted by Crippen LogP contribution is -2.53. The van der Waals surface area contributed by atoms with Crippen LogP contribution in [0.4, 0.5) is 5.69 Å². The minimum absolute atomic E-state index is 0.0397. The molecule has 1 N–H and O–H groups in total. The summed E-state index contributed by atoms with van der Waals surface area (Å²) in [5.41, 5.74) is 2.93. The van der Waals surface area contributed by atoms with Gasteiger partial charge in [0.1, 0.15) is 12.6 Å². The number of carbonyl (C=O) groups excluding carboxylic acids is 2. The minimum atomic E-state index is -4.18. The third-order valence-corrected chi connectivity index (χ3v) is 9.09. The van der Waals surface area contributed by atoms with Crippen LogP contribution in [0.2, 0.25) is 5.02 Å². The summed E-state index contributed by atoms with van der Waals surface area (Å²) < 4.78 is 28.9. The predicted molar refractivity (Wildman–Crippen MR) is 161 cm³/mol. The molecule has 3 aromatic carbocycles. The van der Waals surface area contributed by atoms with Crippen molar-refractivity contribution in [3.8, 4) is 0 Å². The zero-order valence-corrected chi connectivity index (χ0v) is 25.3. The zero-order chi connectivity index (χ0) is 29.4. The fourth-order valence-corrected chi connectivity index (χ4v) is 6.06. The van der Waals surface area contributed by atoms with Gasteiger partial charge < -0.3 is 10.2 Å². The van der Waals surface area contributed by atoms with Gasteiger partial charge in [-0.1, -0.05) is 79.5 Å². The lowest BCUT2D eigenvalue weighted by atomic mass is 10.1. The number of nitrogens with one attached hydrogen (secondary N) is 1. The first-order valence-corrected chi connectivity index (χ1v) is 15.3. The molecule has 214 valence electrons. The number of para-hydroxylation sites is 1. The Morgan fingerprint density at radius 2 is 1.52 bits per heavy atom. The molecule has 0 saturated heterocycles. The molecule has 40 heavy (non-hydrogen) atoms. The Kier molecular flexibility index (Phi) is 10.8. The Bertz CT molecular complexity index is 1430. The maximum Gasteiger partial charge on any atom is 0.264 e. The van der Waals surface area contributed by atoms with Crippen LogP contribution in [0.3, 0.4) is 0 Å². The number of aryl methyl sites for hydroxylation is 2. The zero-order valence-electron chi connectivity index (χ0n) is 23.7. The van der Waals surface area contributed by atoms with Gasteiger partial charge in [0.15, 0.2) is 0 Å². The molecule has 7 nitrogen and oxygen atoms in total. The molecule has 0 aliphatic heterocycles. The Morgan fingerprint density at radius 3 is 2.12 bits per heavy atom. The van der Waals surface area contributed by atoms with Gasteiger partial charge in [0, 0.05) is 12.6 Å². The van der Waals surface area contributed by atoms with Crippen LogP contribution in [0.15, 0.2) is 77.7 Å². The van der Waals surface area contributed by atoms with Crippen molar-refractivity contribution in [2.24, 2.45) is 0 Å². The first-order chi connectivity index (χ1) is 19.0. The number of benzene rings is 3. The highest BCUT2D eigenvalue weighted by atomic mass is 35.5. The third kappa shape index (κ3) is 7.43. The van der Waals surface area contributed by atoms with E-state index in [1.54, 1.807) is 36.4 Å². The molecule has 2 atom stereocenters. The third-order valence-electron chi connectivity index (χ3n) is 7.00. The van der Waals surface area contributed by atoms with E-state index in [2.05, 4.69) is 5.32 Å². The largest absolute Gasteiger partial charge is 0.352 e. The van der Waals surface area contributed by atoms with Crippen LogP contribution < -0.4 is 9.62 Å². The summed E-state index contributed by atoms with van der Waals surface area (Å²) in [4.78, 5) is 29.0. The van der Waals surface area contributed by atoms with E-state index in [1.807, 2.05) is 58.9 Å². The summed E-state index contributed by atoms with van der Waals surface area (Å²) in [6, 6.07) is 19.7. The Morgan fingerprint density at radius 1 is 0.900 bits per heavy atom. The standard InChI is InChI=1S/C31H38ClN3O4S/c1-6-24(5)33-31(37)28(7-2)34(20-25-13-9-8-12-23(25)4)30(36)21-35(29-15-11-10-14-27(29)32)40(38,39)26-18-16-22(3)17-19-26/h8-19,24,28H,6-7,20-21H2,1-5H3,(H,33,37). The summed E-state index contributed by atoms with van der Waals surface area (Å²) in [5, 5.41) is 3.18. The monoisotopic (exact) mass is 583 g/mol. The number of nitrogens with zero attached hydrogens (tertiary/aromatic N) is 2. The predicted octanol–water partition coefficient (Wildman–Crippen LogP) is 5.87. The topological polar surface area (TPSA) is 86.8 Å². The van der Waals surface area contributed by atoms with Gasteiger partial charge in [-0.15, -0.1) is 0 Å². The van der Waals surface area contributed by atoms with Crippen molar-refractivity contribution < 1.29 is 18.0 Å². The molecule has 3 aromatic rings. The number of amides is 2. The Hall–Kier alpha value is -3.36. The lowest BCUT2D eigenvalue weighted by molar-refractivity contribution is -0.140. The second kappa shape index (κ2) is 13.8. The van der Waals surface area contributed by atoms with Crippen LogP contribution >= 0.6 is 11.6 Å². The Labute approximate surface area is 243 Å². The summed E-state index contributed by atoms with van der Waals surface area (Å²) >= 11 is 6.47. The number of halogens is 1. The molecule has 0 aliphatic carbocycles. The van der Waals surface area contributed by atoms with Gasteiger partial charge in [0.2, 0.25) is 11.8 Å². The van der Waals surface area contributed by atoms with E-state index in [0.29, 0.717) is 6.42 Å². The average Bonchev–Trinajstić information content (AvgIpc) is 2.93. The quantitative estimate of drug-likeness (QED) is 0.289. The molecule has 3 rings (SSSR count). The minimum Gasteiger partial charge on any atom is -0.352 e. The number of carbonyl (C=O) groups is 2. The van der Waals surface area contributed by atoms with Crippen molar-refractivity contribution in [3.63, 3.8) is 0 Å². The summed E-state index contributed by atoms with van der Waals surface area (Å²) in [7, 11) is -4.18. The summed E-state index contributed by atoms with van der Waals surface area (Å²) in [6.45, 7) is 9.15. The molecular formula is C31H38ClN3O4S. The molecule has 0 fully saturated rings. The van der Waals surface area contributed by atoms with Crippen molar-refractivity contribution in [2.75, 3.05) is 10.8 Å². The van der Waals surface area contributed by atoms with Crippen molar-refractivity contribution in [2.45, 2.75) is 71.0 Å². The molecule has 0 saturated carbocycles. The van der Waals surface area contributed by atoms with E-state index < -0.39 is 28.5 Å². The lowest BCUT2D eigenvalue weighted by Gasteiger charge is -2.34. The van der Waals surface area contributed by atoms with Crippen LogP contribution in [0.1, 0.15) is 50.3 Å². The number of anilines is 1. The summed E-state index contributed by atoms with van der Waals surface area (Å²) in [6.07, 6.45) is 1.10. The van der Waals surface area contributed by atoms with E-state index in [1.165, 1.54) is 17.0 Å². The van der Waals surface area contributed by atoms with Crippen LogP contribution in [0, 0.1) is 13.8 Å². The Balaban J connectivity index is 2.08. The van der Waals surface area contributed by atoms with E-state index in [4.69, 9.17) is 11.6 Å². The first kappa shape index (κ1) is 31.2. The van der Waals surface area contributed by atoms with E-state index in [9.17, 15) is 18.0 Å². The highest BCUT2D eigenvalue weighted by molar-refractivity contribution is 7.92.